The molecule has 0 spiro atoms. The smallest absolute Gasteiger partial charge is 0.295 e. The first-order chi connectivity index (χ1) is 17.7. The van der Waals surface area contributed by atoms with Gasteiger partial charge in [0.1, 0.15) is 13.2 Å². The second kappa shape index (κ2) is 11.0. The third-order valence-corrected chi connectivity index (χ3v) is 7.36. The molecule has 1 atom stereocenters. The monoisotopic (exact) mass is 506 g/mol. The maximum atomic E-state index is 13.8. The first-order valence-electron chi connectivity index (χ1n) is 13.3. The van der Waals surface area contributed by atoms with Crippen LogP contribution in [0.3, 0.4) is 0 Å². The Balaban J connectivity index is 1.75. The van der Waals surface area contributed by atoms with Gasteiger partial charge in [-0.05, 0) is 48.1 Å². The molecule has 0 aliphatic carbocycles. The van der Waals surface area contributed by atoms with E-state index >= 15 is 0 Å². The van der Waals surface area contributed by atoms with Crippen molar-refractivity contribution in [1.29, 1.82) is 0 Å². The molecular weight excluding hydrogens is 468 g/mol. The molecule has 4 rings (SSSR count). The van der Waals surface area contributed by atoms with E-state index < -0.39 is 23.5 Å². The third kappa shape index (κ3) is 5.52. The predicted molar refractivity (Wildman–Crippen MR) is 140 cm³/mol. The van der Waals surface area contributed by atoms with Gasteiger partial charge in [-0.2, -0.15) is 0 Å². The fraction of sp³-hybridized carbons (Fsp3) is 0.467. The first kappa shape index (κ1) is 26.7. The lowest BCUT2D eigenvalue weighted by atomic mass is 9.85. The predicted octanol–water partition coefficient (Wildman–Crippen LogP) is 2.29. The van der Waals surface area contributed by atoms with Crippen molar-refractivity contribution >= 4 is 17.4 Å². The number of ether oxygens (including phenoxy) is 2. The molecule has 0 aromatic heterocycles. The Hall–Kier alpha value is -3.32. The van der Waals surface area contributed by atoms with E-state index in [4.69, 9.17) is 9.47 Å². The standard InChI is InChI=1S/C30H38N2O5/c1-6-31(7-2)15-8-16-32-26(20-9-12-22(13-10-20)30(3,4)5)25(28(34)29(32)35)27(33)21-11-14-23-24(19-21)37-18-17-36-23/h9-14,19,26,33H,6-8,15-18H2,1-5H3/b27-25+. The summed E-state index contributed by atoms with van der Waals surface area (Å²) in [7, 11) is 0. The van der Waals surface area contributed by atoms with E-state index in [-0.39, 0.29) is 11.0 Å². The van der Waals surface area contributed by atoms with Gasteiger partial charge in [0.15, 0.2) is 11.5 Å². The number of hydrogen-bond acceptors (Lipinski definition) is 5. The lowest BCUT2D eigenvalue weighted by Gasteiger charge is -2.29. The van der Waals surface area contributed by atoms with Crippen LogP contribution in [0.25, 0.3) is 5.76 Å². The van der Waals surface area contributed by atoms with Gasteiger partial charge in [-0.1, -0.05) is 56.9 Å². The van der Waals surface area contributed by atoms with Gasteiger partial charge in [0.2, 0.25) is 5.78 Å². The summed E-state index contributed by atoms with van der Waals surface area (Å²) in [6.07, 6.45) is 0.748. The Morgan fingerprint density at radius 1 is 1.00 bits per heavy atom. The van der Waals surface area contributed by atoms with Gasteiger partial charge in [-0.15, -0.1) is 0 Å². The van der Waals surface area contributed by atoms with Crippen LogP contribution in [0.15, 0.2) is 48.0 Å². The summed E-state index contributed by atoms with van der Waals surface area (Å²) in [5.74, 6) is -0.742. The summed E-state index contributed by atoms with van der Waals surface area (Å²) in [5.41, 5.74) is 2.18. The zero-order valence-corrected chi connectivity index (χ0v) is 22.6. The number of benzene rings is 2. The second-order valence-electron chi connectivity index (χ2n) is 10.8. The van der Waals surface area contributed by atoms with Crippen molar-refractivity contribution < 1.29 is 29.1 Å². The van der Waals surface area contributed by atoms with Crippen LogP contribution < -0.4 is 19.5 Å². The second-order valence-corrected chi connectivity index (χ2v) is 10.8. The average molecular weight is 507 g/mol. The number of fused-ring (bicyclic) bond motifs is 1. The summed E-state index contributed by atoms with van der Waals surface area (Å²) in [6, 6.07) is 12.1. The zero-order chi connectivity index (χ0) is 26.7. The lowest BCUT2D eigenvalue weighted by Crippen LogP contribution is -3.11. The number of Topliss-reactive ketones (excluding diaryl/α,β-unsaturated/α-hetero) is 1. The van der Waals surface area contributed by atoms with Crippen LogP contribution in [-0.4, -0.2) is 56.0 Å². The van der Waals surface area contributed by atoms with Crippen LogP contribution in [0.4, 0.5) is 0 Å². The molecule has 1 amide bonds. The summed E-state index contributed by atoms with van der Waals surface area (Å²) in [5, 5.41) is 13.8. The number of rotatable bonds is 8. The molecule has 2 aliphatic heterocycles. The lowest BCUT2D eigenvalue weighted by molar-refractivity contribution is -0.896. The number of likely N-dealkylation sites (tertiary alicyclic amines) is 1. The van der Waals surface area contributed by atoms with Gasteiger partial charge in [-0.25, -0.2) is 0 Å². The van der Waals surface area contributed by atoms with Crippen molar-refractivity contribution in [2.45, 2.75) is 52.5 Å². The van der Waals surface area contributed by atoms with Gasteiger partial charge in [0.05, 0.1) is 25.7 Å². The molecule has 7 heteroatoms. The van der Waals surface area contributed by atoms with Gasteiger partial charge in [0, 0.05) is 18.5 Å². The fourth-order valence-corrected chi connectivity index (χ4v) is 5.06. The Labute approximate surface area is 219 Å². The number of ketones is 1. The van der Waals surface area contributed by atoms with Crippen LogP contribution in [-0.2, 0) is 15.0 Å². The van der Waals surface area contributed by atoms with Gasteiger partial charge in [-0.3, -0.25) is 9.59 Å². The first-order valence-corrected chi connectivity index (χ1v) is 13.3. The van der Waals surface area contributed by atoms with E-state index in [1.807, 2.05) is 24.3 Å². The highest BCUT2D eigenvalue weighted by molar-refractivity contribution is 6.46. The normalized spacial score (nSPS) is 19.1. The molecule has 37 heavy (non-hydrogen) atoms. The Morgan fingerprint density at radius 3 is 2.27 bits per heavy atom. The molecule has 2 aliphatic rings. The van der Waals surface area contributed by atoms with Crippen LogP contribution in [0.1, 0.15) is 63.8 Å². The highest BCUT2D eigenvalue weighted by atomic mass is 16.6. The highest BCUT2D eigenvalue weighted by Gasteiger charge is 2.44. The number of carbonyl (C=O) groups excluding carboxylic acids is 2. The largest absolute Gasteiger partial charge is 0.872 e. The van der Waals surface area contributed by atoms with Gasteiger partial charge in [0.25, 0.3) is 5.91 Å². The third-order valence-electron chi connectivity index (χ3n) is 7.36. The van der Waals surface area contributed by atoms with E-state index in [1.54, 1.807) is 23.1 Å². The number of hydrogen-bond donors (Lipinski definition) is 1. The number of quaternary nitrogens is 1. The molecule has 1 saturated heterocycles. The van der Waals surface area contributed by atoms with Crippen molar-refractivity contribution in [3.05, 3.63) is 64.7 Å². The Kier molecular flexibility index (Phi) is 7.93. The van der Waals surface area contributed by atoms with E-state index in [1.165, 1.54) is 4.90 Å². The van der Waals surface area contributed by atoms with Crippen molar-refractivity contribution in [1.82, 2.24) is 4.90 Å². The maximum absolute atomic E-state index is 13.8. The Morgan fingerprint density at radius 2 is 1.65 bits per heavy atom. The van der Waals surface area contributed by atoms with Crippen molar-refractivity contribution in [3.63, 3.8) is 0 Å². The summed E-state index contributed by atoms with van der Waals surface area (Å²) in [4.78, 5) is 29.6. The SMILES string of the molecule is CC[NH+](CC)CCCN1C(=O)C(=O)/C(=C(/[O-])c2ccc3c(c2)OCCO3)C1c1ccc(C(C)(C)C)cc1. The topological polar surface area (TPSA) is 83.3 Å². The van der Waals surface area contributed by atoms with Crippen molar-refractivity contribution in [3.8, 4) is 11.5 Å². The molecule has 0 bridgehead atoms. The fourth-order valence-electron chi connectivity index (χ4n) is 5.06. The van der Waals surface area contributed by atoms with Gasteiger partial charge < -0.3 is 24.4 Å². The van der Waals surface area contributed by atoms with Crippen LogP contribution in [0.5, 0.6) is 11.5 Å². The molecule has 2 heterocycles. The van der Waals surface area contributed by atoms with E-state index in [9.17, 15) is 14.7 Å². The number of amides is 1. The molecule has 1 N–H and O–H groups in total. The van der Waals surface area contributed by atoms with Gasteiger partial charge >= 0.3 is 0 Å². The van der Waals surface area contributed by atoms with Crippen LogP contribution in [0.2, 0.25) is 0 Å². The van der Waals surface area contributed by atoms with E-state index in [0.717, 1.165) is 37.2 Å². The van der Waals surface area contributed by atoms with Crippen molar-refractivity contribution in [2.75, 3.05) is 39.4 Å². The molecule has 1 fully saturated rings. The summed E-state index contributed by atoms with van der Waals surface area (Å²) < 4.78 is 11.2. The zero-order valence-electron chi connectivity index (χ0n) is 22.6. The van der Waals surface area contributed by atoms with Crippen LogP contribution in [0, 0.1) is 0 Å². The average Bonchev–Trinajstić information content (AvgIpc) is 3.15. The maximum Gasteiger partial charge on any atom is 0.295 e. The molecule has 1 unspecified atom stereocenters. The van der Waals surface area contributed by atoms with Crippen LogP contribution >= 0.6 is 0 Å². The highest BCUT2D eigenvalue weighted by Crippen LogP contribution is 2.40. The number of nitrogens with one attached hydrogen (secondary N) is 1. The molecular formula is C30H38N2O5. The Bertz CT molecular complexity index is 1180. The van der Waals surface area contributed by atoms with E-state index in [2.05, 4.69) is 34.6 Å². The minimum Gasteiger partial charge on any atom is -0.872 e. The minimum atomic E-state index is -0.722. The molecule has 198 valence electrons. The molecule has 0 radical (unpaired) electrons. The molecule has 2 aromatic rings. The van der Waals surface area contributed by atoms with E-state index in [0.29, 0.717) is 36.8 Å². The summed E-state index contributed by atoms with van der Waals surface area (Å²) in [6.45, 7) is 14.8. The minimum absolute atomic E-state index is 0.000345. The molecule has 2 aromatic carbocycles. The molecule has 7 nitrogen and oxygen atoms in total. The quantitative estimate of drug-likeness (QED) is 0.338. The summed E-state index contributed by atoms with van der Waals surface area (Å²) >= 11 is 0. The number of nitrogens with zero attached hydrogens (tertiary/aromatic N) is 1. The molecule has 0 saturated carbocycles. The number of carbonyl (C=O) groups is 2. The van der Waals surface area contributed by atoms with Crippen molar-refractivity contribution in [2.24, 2.45) is 0 Å².